The maximum absolute atomic E-state index is 11.3. The van der Waals surface area contributed by atoms with Crippen LogP contribution < -0.4 is 4.90 Å². The molecule has 112 valence electrons. The van der Waals surface area contributed by atoms with E-state index in [0.29, 0.717) is 0 Å². The van der Waals surface area contributed by atoms with Crippen LogP contribution in [-0.4, -0.2) is 17.8 Å². The highest BCUT2D eigenvalue weighted by Crippen LogP contribution is 2.33. The lowest BCUT2D eigenvalue weighted by Crippen LogP contribution is -2.22. The molecule has 21 heavy (non-hydrogen) atoms. The minimum absolute atomic E-state index is 0.114. The minimum atomic E-state index is -0.114. The molecule has 0 amide bonds. The van der Waals surface area contributed by atoms with Crippen LogP contribution in [0.3, 0.4) is 0 Å². The van der Waals surface area contributed by atoms with Crippen molar-refractivity contribution in [2.45, 2.75) is 39.7 Å². The fourth-order valence-corrected chi connectivity index (χ4v) is 3.34. The molecule has 0 saturated heterocycles. The Labute approximate surface area is 130 Å². The molecule has 0 N–H and O–H groups in total. The largest absolute Gasteiger partial charge is 0.344 e. The van der Waals surface area contributed by atoms with Crippen LogP contribution in [-0.2, 0) is 12.0 Å². The molecular weight excluding hydrogens is 280 g/mol. The van der Waals surface area contributed by atoms with Crippen LogP contribution in [0.1, 0.15) is 48.6 Å². The Morgan fingerprint density at radius 3 is 2.38 bits per heavy atom. The summed E-state index contributed by atoms with van der Waals surface area (Å²) in [4.78, 5) is 19.0. The number of aldehydes is 1. The normalized spacial score (nSPS) is 11.4. The van der Waals surface area contributed by atoms with Gasteiger partial charge in [-0.25, -0.2) is 4.98 Å². The Kier molecular flexibility index (Phi) is 4.78. The molecule has 0 spiro atoms. The molecule has 0 saturated carbocycles. The molecule has 0 radical (unpaired) electrons. The first-order valence-corrected chi connectivity index (χ1v) is 8.02. The van der Waals surface area contributed by atoms with Crippen molar-refractivity contribution in [3.8, 4) is 0 Å². The fourth-order valence-electron chi connectivity index (χ4n) is 2.19. The maximum Gasteiger partial charge on any atom is 0.186 e. The molecule has 4 heteroatoms. The van der Waals surface area contributed by atoms with Crippen LogP contribution in [0.15, 0.2) is 30.3 Å². The van der Waals surface area contributed by atoms with Gasteiger partial charge in [0.2, 0.25) is 0 Å². The Morgan fingerprint density at radius 2 is 1.90 bits per heavy atom. The van der Waals surface area contributed by atoms with E-state index in [-0.39, 0.29) is 5.41 Å². The van der Waals surface area contributed by atoms with Crippen LogP contribution in [0.5, 0.6) is 0 Å². The third-order valence-corrected chi connectivity index (χ3v) is 4.37. The van der Waals surface area contributed by atoms with Crippen LogP contribution in [0.25, 0.3) is 0 Å². The van der Waals surface area contributed by atoms with Gasteiger partial charge in [0, 0.05) is 18.5 Å². The van der Waals surface area contributed by atoms with Gasteiger partial charge in [0.1, 0.15) is 0 Å². The zero-order valence-corrected chi connectivity index (χ0v) is 13.9. The number of rotatable bonds is 5. The maximum atomic E-state index is 11.3. The molecule has 0 unspecified atom stereocenters. The third-order valence-electron chi connectivity index (χ3n) is 3.33. The Bertz CT molecular complexity index is 599. The van der Waals surface area contributed by atoms with Gasteiger partial charge in [0.25, 0.3) is 0 Å². The second-order valence-electron chi connectivity index (χ2n) is 6.08. The summed E-state index contributed by atoms with van der Waals surface area (Å²) in [5.41, 5.74) is 2.03. The predicted molar refractivity (Wildman–Crippen MR) is 89.4 cm³/mol. The molecule has 2 aromatic rings. The van der Waals surface area contributed by atoms with Crippen LogP contribution in [0.4, 0.5) is 5.13 Å². The van der Waals surface area contributed by atoms with Crippen molar-refractivity contribution in [2.24, 2.45) is 0 Å². The fraction of sp³-hybridized carbons (Fsp3) is 0.412. The number of anilines is 1. The molecule has 0 atom stereocenters. The summed E-state index contributed by atoms with van der Waals surface area (Å²) in [6.07, 6.45) is 0.929. The van der Waals surface area contributed by atoms with Crippen molar-refractivity contribution >= 4 is 22.8 Å². The first kappa shape index (κ1) is 15.7. The quantitative estimate of drug-likeness (QED) is 0.773. The highest BCUT2D eigenvalue weighted by molar-refractivity contribution is 7.17. The van der Waals surface area contributed by atoms with Crippen molar-refractivity contribution in [1.82, 2.24) is 4.98 Å². The average molecular weight is 302 g/mol. The molecule has 0 bridgehead atoms. The van der Waals surface area contributed by atoms with Crippen LogP contribution >= 0.6 is 11.3 Å². The van der Waals surface area contributed by atoms with E-state index in [1.807, 2.05) is 18.2 Å². The van der Waals surface area contributed by atoms with Gasteiger partial charge in [0.05, 0.1) is 10.6 Å². The van der Waals surface area contributed by atoms with E-state index in [9.17, 15) is 4.79 Å². The van der Waals surface area contributed by atoms with E-state index < -0.39 is 0 Å². The lowest BCUT2D eigenvalue weighted by molar-refractivity contribution is 0.112. The van der Waals surface area contributed by atoms with Gasteiger partial charge >= 0.3 is 0 Å². The van der Waals surface area contributed by atoms with Crippen LogP contribution in [0, 0.1) is 0 Å². The zero-order valence-electron chi connectivity index (χ0n) is 13.1. The molecule has 0 aliphatic rings. The van der Waals surface area contributed by atoms with Crippen molar-refractivity contribution < 1.29 is 4.79 Å². The van der Waals surface area contributed by atoms with Crippen molar-refractivity contribution in [2.75, 3.05) is 11.4 Å². The van der Waals surface area contributed by atoms with Gasteiger partial charge in [-0.2, -0.15) is 0 Å². The summed E-state index contributed by atoms with van der Waals surface area (Å²) in [7, 11) is 0. The second-order valence-corrected chi connectivity index (χ2v) is 7.09. The molecule has 1 aromatic carbocycles. The number of carbonyl (C=O) groups is 1. The second kappa shape index (κ2) is 6.39. The molecule has 0 aliphatic carbocycles. The Balaban J connectivity index is 2.31. The monoisotopic (exact) mass is 302 g/mol. The number of nitrogens with zero attached hydrogens (tertiary/aromatic N) is 2. The minimum Gasteiger partial charge on any atom is -0.344 e. The van der Waals surface area contributed by atoms with Crippen molar-refractivity contribution in [3.63, 3.8) is 0 Å². The summed E-state index contributed by atoms with van der Waals surface area (Å²) in [5.74, 6) is 0. The summed E-state index contributed by atoms with van der Waals surface area (Å²) in [6, 6.07) is 10.3. The molecule has 0 aliphatic heterocycles. The summed E-state index contributed by atoms with van der Waals surface area (Å²) >= 11 is 1.49. The first-order valence-electron chi connectivity index (χ1n) is 7.21. The number of thiazole rings is 1. The van der Waals surface area contributed by atoms with Gasteiger partial charge in [-0.1, -0.05) is 62.4 Å². The van der Waals surface area contributed by atoms with E-state index in [1.165, 1.54) is 16.9 Å². The number of carbonyl (C=O) groups excluding carboxylic acids is 1. The molecule has 1 heterocycles. The molecule has 0 fully saturated rings. The van der Waals surface area contributed by atoms with Gasteiger partial charge in [-0.3, -0.25) is 4.79 Å². The predicted octanol–water partition coefficient (Wildman–Crippen LogP) is 4.28. The van der Waals surface area contributed by atoms with Gasteiger partial charge < -0.3 is 4.90 Å². The van der Waals surface area contributed by atoms with Crippen molar-refractivity contribution in [3.05, 3.63) is 46.5 Å². The summed E-state index contributed by atoms with van der Waals surface area (Å²) in [6.45, 7) is 10.1. The number of hydrogen-bond donors (Lipinski definition) is 0. The number of aromatic nitrogens is 1. The lowest BCUT2D eigenvalue weighted by Gasteiger charge is -2.20. The standard InChI is InChI=1S/C17H22N2OS/c1-5-19(11-13-9-7-6-8-10-13)16-18-15(17(2,3)4)14(12-20)21-16/h6-10,12H,5,11H2,1-4H3. The summed E-state index contributed by atoms with van der Waals surface area (Å²) < 4.78 is 0. The highest BCUT2D eigenvalue weighted by atomic mass is 32.1. The van der Waals surface area contributed by atoms with E-state index in [4.69, 9.17) is 4.98 Å². The SMILES string of the molecule is CCN(Cc1ccccc1)c1nc(C(C)(C)C)c(C=O)s1. The Morgan fingerprint density at radius 1 is 1.24 bits per heavy atom. The van der Waals surface area contributed by atoms with E-state index in [0.717, 1.165) is 35.1 Å². The Hall–Kier alpha value is -1.68. The van der Waals surface area contributed by atoms with Gasteiger partial charge in [0.15, 0.2) is 11.4 Å². The molecule has 3 nitrogen and oxygen atoms in total. The smallest absolute Gasteiger partial charge is 0.186 e. The number of benzene rings is 1. The first-order chi connectivity index (χ1) is 9.95. The number of hydrogen-bond acceptors (Lipinski definition) is 4. The lowest BCUT2D eigenvalue weighted by atomic mass is 9.91. The topological polar surface area (TPSA) is 33.2 Å². The highest BCUT2D eigenvalue weighted by Gasteiger charge is 2.24. The van der Waals surface area contributed by atoms with Gasteiger partial charge in [-0.15, -0.1) is 0 Å². The van der Waals surface area contributed by atoms with E-state index in [1.54, 1.807) is 0 Å². The zero-order chi connectivity index (χ0) is 15.5. The van der Waals surface area contributed by atoms with Crippen molar-refractivity contribution in [1.29, 1.82) is 0 Å². The summed E-state index contributed by atoms with van der Waals surface area (Å²) in [5, 5.41) is 0.924. The van der Waals surface area contributed by atoms with E-state index in [2.05, 4.69) is 44.7 Å². The third kappa shape index (κ3) is 3.70. The van der Waals surface area contributed by atoms with Gasteiger partial charge in [-0.05, 0) is 12.5 Å². The van der Waals surface area contributed by atoms with E-state index >= 15 is 0 Å². The van der Waals surface area contributed by atoms with Crippen LogP contribution in [0.2, 0.25) is 0 Å². The molecule has 1 aromatic heterocycles. The molecule has 2 rings (SSSR count). The molecular formula is C17H22N2OS. The average Bonchev–Trinajstić information content (AvgIpc) is 2.90.